The number of benzene rings is 2. The van der Waals surface area contributed by atoms with Crippen LogP contribution in [0.15, 0.2) is 48.5 Å². The second-order valence-corrected chi connectivity index (χ2v) is 6.29. The quantitative estimate of drug-likeness (QED) is 0.837. The fourth-order valence-corrected chi connectivity index (χ4v) is 3.05. The minimum Gasteiger partial charge on any atom is -0.310 e. The lowest BCUT2D eigenvalue weighted by molar-refractivity contribution is 0.0993. The molecular weight excluding hydrogens is 294 g/mol. The number of ketones is 1. The number of carbonyl (C=O) groups is 1. The summed E-state index contributed by atoms with van der Waals surface area (Å²) in [6.07, 6.45) is 4.18. The summed E-state index contributed by atoms with van der Waals surface area (Å²) in [4.78, 5) is 12.3. The van der Waals surface area contributed by atoms with Gasteiger partial charge in [-0.25, -0.2) is 0 Å². The first-order valence-corrected chi connectivity index (χ1v) is 8.21. The molecule has 1 atom stereocenters. The number of hydrogen-bond donors (Lipinski definition) is 1. The molecule has 0 spiro atoms. The Morgan fingerprint density at radius 1 is 1.05 bits per heavy atom. The first-order valence-electron chi connectivity index (χ1n) is 7.83. The van der Waals surface area contributed by atoms with Crippen LogP contribution >= 0.6 is 11.6 Å². The fourth-order valence-electron chi connectivity index (χ4n) is 2.93. The van der Waals surface area contributed by atoms with Crippen LogP contribution in [0.1, 0.15) is 46.8 Å². The molecule has 2 nitrogen and oxygen atoms in total. The summed E-state index contributed by atoms with van der Waals surface area (Å²) in [5.41, 5.74) is 3.09. The molecule has 0 amide bonds. The Morgan fingerprint density at radius 3 is 2.41 bits per heavy atom. The number of Topliss-reactive ketones (excluding diaryl/α,β-unsaturated/α-hetero) is 1. The van der Waals surface area contributed by atoms with E-state index >= 15 is 0 Å². The van der Waals surface area contributed by atoms with Crippen molar-refractivity contribution in [2.24, 2.45) is 0 Å². The van der Waals surface area contributed by atoms with Crippen LogP contribution in [0.3, 0.4) is 0 Å². The van der Waals surface area contributed by atoms with E-state index in [0.717, 1.165) is 12.1 Å². The number of piperidine rings is 1. The van der Waals surface area contributed by atoms with Crippen LogP contribution in [0.2, 0.25) is 5.02 Å². The maximum atomic E-state index is 12.3. The maximum absolute atomic E-state index is 12.3. The highest BCUT2D eigenvalue weighted by atomic mass is 35.5. The van der Waals surface area contributed by atoms with E-state index in [0.29, 0.717) is 23.0 Å². The smallest absolute Gasteiger partial charge is 0.167 e. The van der Waals surface area contributed by atoms with Gasteiger partial charge in [-0.05, 0) is 54.8 Å². The highest BCUT2D eigenvalue weighted by Crippen LogP contribution is 2.23. The SMILES string of the molecule is O=C(Cc1ccc(C2CCCCN2)cc1)c1ccc(Cl)cc1. The molecule has 1 aliphatic rings. The molecule has 0 aromatic heterocycles. The van der Waals surface area contributed by atoms with Gasteiger partial charge in [0.05, 0.1) is 0 Å². The van der Waals surface area contributed by atoms with Gasteiger partial charge in [0, 0.05) is 23.0 Å². The van der Waals surface area contributed by atoms with Gasteiger partial charge in [0.15, 0.2) is 5.78 Å². The molecule has 1 heterocycles. The van der Waals surface area contributed by atoms with E-state index in [1.807, 2.05) is 0 Å². The second-order valence-electron chi connectivity index (χ2n) is 5.85. The van der Waals surface area contributed by atoms with Crippen molar-refractivity contribution in [2.75, 3.05) is 6.54 Å². The molecule has 1 N–H and O–H groups in total. The van der Waals surface area contributed by atoms with Crippen molar-refractivity contribution in [2.45, 2.75) is 31.7 Å². The molecule has 1 saturated heterocycles. The van der Waals surface area contributed by atoms with Gasteiger partial charge in [-0.1, -0.05) is 42.3 Å². The van der Waals surface area contributed by atoms with Crippen LogP contribution in [0, 0.1) is 0 Å². The number of halogens is 1. The Bertz CT molecular complexity index is 627. The van der Waals surface area contributed by atoms with Crippen LogP contribution in [-0.4, -0.2) is 12.3 Å². The lowest BCUT2D eigenvalue weighted by Crippen LogP contribution is -2.26. The Morgan fingerprint density at radius 2 is 1.77 bits per heavy atom. The van der Waals surface area contributed by atoms with Crippen molar-refractivity contribution in [3.8, 4) is 0 Å². The van der Waals surface area contributed by atoms with E-state index in [9.17, 15) is 4.79 Å². The maximum Gasteiger partial charge on any atom is 0.167 e. The molecular formula is C19H20ClNO. The summed E-state index contributed by atoms with van der Waals surface area (Å²) in [6, 6.07) is 16.0. The molecule has 1 fully saturated rings. The minimum atomic E-state index is 0.125. The molecule has 3 heteroatoms. The van der Waals surface area contributed by atoms with Gasteiger partial charge in [0.1, 0.15) is 0 Å². The third-order valence-electron chi connectivity index (χ3n) is 4.22. The van der Waals surface area contributed by atoms with Crippen LogP contribution in [0.5, 0.6) is 0 Å². The van der Waals surface area contributed by atoms with Crippen molar-refractivity contribution in [3.05, 3.63) is 70.2 Å². The predicted octanol–water partition coefficient (Wildman–Crippen LogP) is 4.58. The van der Waals surface area contributed by atoms with E-state index in [1.165, 1.54) is 24.8 Å². The lowest BCUT2D eigenvalue weighted by atomic mass is 9.95. The Balaban J connectivity index is 1.65. The molecule has 1 unspecified atom stereocenters. The van der Waals surface area contributed by atoms with E-state index in [4.69, 9.17) is 11.6 Å². The predicted molar refractivity (Wildman–Crippen MR) is 90.5 cm³/mol. The van der Waals surface area contributed by atoms with Crippen LogP contribution in [0.4, 0.5) is 0 Å². The molecule has 0 aliphatic carbocycles. The van der Waals surface area contributed by atoms with Gasteiger partial charge in [0.25, 0.3) is 0 Å². The molecule has 0 bridgehead atoms. The summed E-state index contributed by atoms with van der Waals surface area (Å²) in [5, 5.41) is 4.20. The highest BCUT2D eigenvalue weighted by molar-refractivity contribution is 6.30. The molecule has 22 heavy (non-hydrogen) atoms. The molecule has 0 saturated carbocycles. The average Bonchev–Trinajstić information content (AvgIpc) is 2.57. The third kappa shape index (κ3) is 3.76. The van der Waals surface area contributed by atoms with Crippen molar-refractivity contribution >= 4 is 17.4 Å². The zero-order chi connectivity index (χ0) is 15.4. The Kier molecular flexibility index (Phi) is 4.91. The monoisotopic (exact) mass is 313 g/mol. The first-order chi connectivity index (χ1) is 10.7. The summed E-state index contributed by atoms with van der Waals surface area (Å²) in [6.45, 7) is 1.10. The van der Waals surface area contributed by atoms with E-state index < -0.39 is 0 Å². The van der Waals surface area contributed by atoms with Crippen LogP contribution in [-0.2, 0) is 6.42 Å². The zero-order valence-corrected chi connectivity index (χ0v) is 13.3. The first kappa shape index (κ1) is 15.3. The molecule has 0 radical (unpaired) electrons. The van der Waals surface area contributed by atoms with Gasteiger partial charge in [-0.15, -0.1) is 0 Å². The van der Waals surface area contributed by atoms with Crippen LogP contribution in [0.25, 0.3) is 0 Å². The highest BCUT2D eigenvalue weighted by Gasteiger charge is 2.14. The topological polar surface area (TPSA) is 29.1 Å². The number of rotatable bonds is 4. The van der Waals surface area contributed by atoms with Crippen molar-refractivity contribution in [3.63, 3.8) is 0 Å². The molecule has 114 valence electrons. The Hall–Kier alpha value is -1.64. The molecule has 2 aromatic carbocycles. The van der Waals surface area contributed by atoms with Crippen LogP contribution < -0.4 is 5.32 Å². The van der Waals surface area contributed by atoms with Gasteiger partial charge in [0.2, 0.25) is 0 Å². The third-order valence-corrected chi connectivity index (χ3v) is 4.48. The van der Waals surface area contributed by atoms with Gasteiger partial charge >= 0.3 is 0 Å². The lowest BCUT2D eigenvalue weighted by Gasteiger charge is -2.23. The van der Waals surface area contributed by atoms with Crippen molar-refractivity contribution in [1.29, 1.82) is 0 Å². The number of nitrogens with one attached hydrogen (secondary N) is 1. The van der Waals surface area contributed by atoms with Gasteiger partial charge < -0.3 is 5.32 Å². The number of hydrogen-bond acceptors (Lipinski definition) is 2. The Labute approximate surface area is 136 Å². The normalized spacial score (nSPS) is 18.1. The molecule has 3 rings (SSSR count). The average molecular weight is 314 g/mol. The van der Waals surface area contributed by atoms with Gasteiger partial charge in [-0.2, -0.15) is 0 Å². The van der Waals surface area contributed by atoms with E-state index in [1.54, 1.807) is 24.3 Å². The standard InChI is InChI=1S/C19H20ClNO/c20-17-10-8-16(9-11-17)19(22)13-14-4-6-15(7-5-14)18-3-1-2-12-21-18/h4-11,18,21H,1-3,12-13H2. The summed E-state index contributed by atoms with van der Waals surface area (Å²) >= 11 is 5.85. The zero-order valence-electron chi connectivity index (χ0n) is 12.5. The second kappa shape index (κ2) is 7.08. The summed E-state index contributed by atoms with van der Waals surface area (Å²) in [5.74, 6) is 0.125. The number of carbonyl (C=O) groups excluding carboxylic acids is 1. The summed E-state index contributed by atoms with van der Waals surface area (Å²) < 4.78 is 0. The minimum absolute atomic E-state index is 0.125. The van der Waals surface area contributed by atoms with Crippen molar-refractivity contribution in [1.82, 2.24) is 5.32 Å². The molecule has 1 aliphatic heterocycles. The van der Waals surface area contributed by atoms with E-state index in [-0.39, 0.29) is 5.78 Å². The van der Waals surface area contributed by atoms with Gasteiger partial charge in [-0.3, -0.25) is 4.79 Å². The summed E-state index contributed by atoms with van der Waals surface area (Å²) in [7, 11) is 0. The molecule has 2 aromatic rings. The van der Waals surface area contributed by atoms with E-state index in [2.05, 4.69) is 29.6 Å². The van der Waals surface area contributed by atoms with Crippen molar-refractivity contribution < 1.29 is 4.79 Å². The fraction of sp³-hybridized carbons (Fsp3) is 0.316. The largest absolute Gasteiger partial charge is 0.310 e.